The third-order valence-electron chi connectivity index (χ3n) is 9.76. The summed E-state index contributed by atoms with van der Waals surface area (Å²) in [6.45, 7) is 13.8. The van der Waals surface area contributed by atoms with E-state index in [1.807, 2.05) is 12.1 Å². The minimum Gasteiger partial charge on any atom is -0.543 e. The first-order valence-corrected chi connectivity index (χ1v) is 16.6. The fourth-order valence-electron chi connectivity index (χ4n) is 7.20. The van der Waals surface area contributed by atoms with Crippen LogP contribution in [0, 0.1) is 17.8 Å². The molecule has 0 saturated heterocycles. The number of allylic oxidation sites excluding steroid dienone is 1. The van der Waals surface area contributed by atoms with E-state index in [2.05, 4.69) is 65.1 Å². The van der Waals surface area contributed by atoms with Gasteiger partial charge in [-0.3, -0.25) is 0 Å². The zero-order valence-corrected chi connectivity index (χ0v) is 23.9. The third kappa shape index (κ3) is 4.69. The van der Waals surface area contributed by atoms with Crippen LogP contribution in [-0.4, -0.2) is 19.4 Å². The molecule has 1 N–H and O–H groups in total. The molecule has 0 atom stereocenters. The third-order valence-corrected chi connectivity index (χ3v) is 14.1. The van der Waals surface area contributed by atoms with E-state index >= 15 is 0 Å². The van der Waals surface area contributed by atoms with Crippen molar-refractivity contribution >= 4 is 25.9 Å². The summed E-state index contributed by atoms with van der Waals surface area (Å²) in [5.74, 6) is 2.88. The smallest absolute Gasteiger partial charge is 0.335 e. The van der Waals surface area contributed by atoms with Gasteiger partial charge in [-0.25, -0.2) is 4.79 Å². The SMILES string of the molecule is C/C(=C\c1ccc(C(=O)O)cc1)c1ccc(O[Si](C)(C)C(C)(C)C)c(C23CC4CC(CC(C4)C2)C3)c1. The number of benzene rings is 2. The van der Waals surface area contributed by atoms with Gasteiger partial charge in [-0.1, -0.05) is 45.0 Å². The molecule has 4 aliphatic carbocycles. The lowest BCUT2D eigenvalue weighted by molar-refractivity contribution is -0.00587. The van der Waals surface area contributed by atoms with Gasteiger partial charge in [0.15, 0.2) is 0 Å². The predicted molar refractivity (Wildman–Crippen MR) is 151 cm³/mol. The molecule has 4 saturated carbocycles. The normalized spacial score (nSPS) is 27.8. The number of hydrogen-bond donors (Lipinski definition) is 1. The summed E-state index contributed by atoms with van der Waals surface area (Å²) in [4.78, 5) is 11.2. The van der Waals surface area contributed by atoms with Crippen LogP contribution in [0.2, 0.25) is 18.1 Å². The van der Waals surface area contributed by atoms with Crippen LogP contribution in [0.3, 0.4) is 0 Å². The fourth-order valence-corrected chi connectivity index (χ4v) is 8.24. The molecule has 2 aromatic carbocycles. The van der Waals surface area contributed by atoms with Gasteiger partial charge in [-0.2, -0.15) is 0 Å². The van der Waals surface area contributed by atoms with Crippen LogP contribution in [0.25, 0.3) is 11.6 Å². The first kappa shape index (κ1) is 25.3. The lowest BCUT2D eigenvalue weighted by atomic mass is 9.48. The largest absolute Gasteiger partial charge is 0.543 e. The van der Waals surface area contributed by atoms with Crippen molar-refractivity contribution in [1.82, 2.24) is 0 Å². The molecule has 3 nitrogen and oxygen atoms in total. The Hall–Kier alpha value is -2.33. The lowest BCUT2D eigenvalue weighted by Crippen LogP contribution is -2.49. The maximum atomic E-state index is 11.2. The molecule has 4 aliphatic rings. The molecule has 0 aliphatic heterocycles. The molecular weight excluding hydrogens is 460 g/mol. The second kappa shape index (κ2) is 8.90. The average Bonchev–Trinajstić information content (AvgIpc) is 2.77. The second-order valence-corrected chi connectivity index (χ2v) is 18.3. The van der Waals surface area contributed by atoms with Crippen molar-refractivity contribution < 1.29 is 14.3 Å². The van der Waals surface area contributed by atoms with Crippen LogP contribution < -0.4 is 4.43 Å². The minimum atomic E-state index is -1.97. The molecule has 0 radical (unpaired) electrons. The molecule has 0 spiro atoms. The molecule has 6 rings (SSSR count). The molecule has 2 aromatic rings. The van der Waals surface area contributed by atoms with Gasteiger partial charge in [0, 0.05) is 0 Å². The Morgan fingerprint density at radius 1 is 0.944 bits per heavy atom. The van der Waals surface area contributed by atoms with Crippen molar-refractivity contribution in [2.45, 2.75) is 89.8 Å². The monoisotopic (exact) mass is 502 g/mol. The quantitative estimate of drug-likeness (QED) is 0.317. The number of carbonyl (C=O) groups is 1. The van der Waals surface area contributed by atoms with Gasteiger partial charge in [0.25, 0.3) is 0 Å². The van der Waals surface area contributed by atoms with Gasteiger partial charge < -0.3 is 9.53 Å². The molecule has 4 heteroatoms. The van der Waals surface area contributed by atoms with E-state index in [9.17, 15) is 9.90 Å². The van der Waals surface area contributed by atoms with Gasteiger partial charge in [0.2, 0.25) is 8.32 Å². The summed E-state index contributed by atoms with van der Waals surface area (Å²) >= 11 is 0. The molecular formula is C32H42O3Si. The fraction of sp³-hybridized carbons (Fsp3) is 0.531. The first-order chi connectivity index (χ1) is 16.8. The highest BCUT2D eigenvalue weighted by atomic mass is 28.4. The van der Waals surface area contributed by atoms with E-state index in [1.165, 1.54) is 55.2 Å². The summed E-state index contributed by atoms with van der Waals surface area (Å²) in [7, 11) is -1.97. The van der Waals surface area contributed by atoms with E-state index in [1.54, 1.807) is 12.1 Å². The summed E-state index contributed by atoms with van der Waals surface area (Å²) < 4.78 is 7.04. The molecule has 0 amide bonds. The molecule has 0 aromatic heterocycles. The molecule has 4 bridgehead atoms. The minimum absolute atomic E-state index is 0.155. The highest BCUT2D eigenvalue weighted by molar-refractivity contribution is 6.74. The molecule has 192 valence electrons. The van der Waals surface area contributed by atoms with E-state index in [-0.39, 0.29) is 10.5 Å². The number of hydrogen-bond acceptors (Lipinski definition) is 2. The summed E-state index contributed by atoms with van der Waals surface area (Å²) in [6, 6.07) is 14.1. The van der Waals surface area contributed by atoms with Crippen molar-refractivity contribution in [2.75, 3.05) is 0 Å². The van der Waals surface area contributed by atoms with Gasteiger partial charge in [0.1, 0.15) is 5.75 Å². The lowest BCUT2D eigenvalue weighted by Gasteiger charge is -2.57. The molecule has 36 heavy (non-hydrogen) atoms. The Bertz CT molecular complexity index is 1150. The number of aromatic carboxylic acids is 1. The molecule has 4 fully saturated rings. The van der Waals surface area contributed by atoms with Gasteiger partial charge in [-0.05, 0) is 133 Å². The van der Waals surface area contributed by atoms with Crippen molar-refractivity contribution in [2.24, 2.45) is 17.8 Å². The van der Waals surface area contributed by atoms with Crippen LogP contribution in [-0.2, 0) is 5.41 Å². The second-order valence-electron chi connectivity index (χ2n) is 13.5. The maximum absolute atomic E-state index is 11.2. The Morgan fingerprint density at radius 3 is 1.97 bits per heavy atom. The van der Waals surface area contributed by atoms with Crippen molar-refractivity contribution in [3.05, 3.63) is 64.7 Å². The highest BCUT2D eigenvalue weighted by Gasteiger charge is 2.53. The topological polar surface area (TPSA) is 46.5 Å². The summed E-state index contributed by atoms with van der Waals surface area (Å²) in [5, 5.41) is 9.37. The van der Waals surface area contributed by atoms with Gasteiger partial charge in [-0.15, -0.1) is 0 Å². The summed E-state index contributed by atoms with van der Waals surface area (Å²) in [6.07, 6.45) is 10.4. The zero-order valence-electron chi connectivity index (χ0n) is 22.9. The van der Waals surface area contributed by atoms with Gasteiger partial charge >= 0.3 is 5.97 Å². The van der Waals surface area contributed by atoms with E-state index in [0.717, 1.165) is 29.1 Å². The predicted octanol–water partition coefficient (Wildman–Crippen LogP) is 8.80. The Balaban J connectivity index is 1.55. The van der Waals surface area contributed by atoms with E-state index in [0.29, 0.717) is 5.56 Å². The van der Waals surface area contributed by atoms with Crippen LogP contribution in [0.15, 0.2) is 42.5 Å². The zero-order chi connectivity index (χ0) is 25.9. The molecule has 0 unspecified atom stereocenters. The number of rotatable bonds is 6. The Morgan fingerprint density at radius 2 is 1.47 bits per heavy atom. The Kier molecular flexibility index (Phi) is 6.26. The van der Waals surface area contributed by atoms with Crippen LogP contribution >= 0.6 is 0 Å². The first-order valence-electron chi connectivity index (χ1n) is 13.7. The Labute approximate surface area is 218 Å². The average molecular weight is 503 g/mol. The van der Waals surface area contributed by atoms with Crippen molar-refractivity contribution in [3.8, 4) is 5.75 Å². The number of carboxylic acids is 1. The van der Waals surface area contributed by atoms with Crippen LogP contribution in [0.5, 0.6) is 5.75 Å². The summed E-state index contributed by atoms with van der Waals surface area (Å²) in [5.41, 5.74) is 5.49. The van der Waals surface area contributed by atoms with Crippen molar-refractivity contribution in [1.29, 1.82) is 0 Å². The van der Waals surface area contributed by atoms with Gasteiger partial charge in [0.05, 0.1) is 5.56 Å². The van der Waals surface area contributed by atoms with E-state index in [4.69, 9.17) is 4.43 Å². The van der Waals surface area contributed by atoms with Crippen molar-refractivity contribution in [3.63, 3.8) is 0 Å². The molecule has 0 heterocycles. The van der Waals surface area contributed by atoms with Crippen LogP contribution in [0.1, 0.15) is 93.3 Å². The number of carboxylic acid groups (broad SMARTS) is 1. The van der Waals surface area contributed by atoms with Crippen LogP contribution in [0.4, 0.5) is 0 Å². The standard InChI is InChI=1S/C32H42O3Si/c1-21(13-22-7-9-26(10-8-22)30(33)34)27-11-12-29(35-36(5,6)31(2,3)4)28(17-27)32-18-23-14-24(19-32)16-25(15-23)20-32/h7-13,17,23-25H,14-16,18-20H2,1-6H3,(H,33,34)/b21-13+. The highest BCUT2D eigenvalue weighted by Crippen LogP contribution is 2.62. The maximum Gasteiger partial charge on any atom is 0.335 e. The van der Waals surface area contributed by atoms with E-state index < -0.39 is 14.3 Å².